The number of hydrogen-bond donors (Lipinski definition) is 1. The lowest BCUT2D eigenvalue weighted by molar-refractivity contribution is 0.0732. The number of nitrogens with two attached hydrogens (primary N) is 1. The number of sulfonamides is 1. The number of nitrogens with zero attached hydrogens (tertiary/aromatic N) is 1. The fourth-order valence-corrected chi connectivity index (χ4v) is 4.76. The summed E-state index contributed by atoms with van der Waals surface area (Å²) in [5.41, 5.74) is 5.39. The SMILES string of the molecule is NC(=O)c1cccc(OC(=O)c2ccc3c(c2)S(=O)(=O)N(C2CC2)C3=O)c1. The highest BCUT2D eigenvalue weighted by Crippen LogP contribution is 2.39. The van der Waals surface area contributed by atoms with E-state index in [4.69, 9.17) is 10.5 Å². The summed E-state index contributed by atoms with van der Waals surface area (Å²) < 4.78 is 31.3. The first kappa shape index (κ1) is 17.2. The molecule has 9 heteroatoms. The zero-order valence-corrected chi connectivity index (χ0v) is 14.7. The number of esters is 1. The van der Waals surface area contributed by atoms with Gasteiger partial charge in [0, 0.05) is 11.6 Å². The molecule has 1 saturated carbocycles. The monoisotopic (exact) mass is 386 g/mol. The zero-order chi connectivity index (χ0) is 19.3. The summed E-state index contributed by atoms with van der Waals surface area (Å²) in [6.45, 7) is 0. The van der Waals surface area contributed by atoms with Crippen molar-refractivity contribution < 1.29 is 27.5 Å². The van der Waals surface area contributed by atoms with Crippen molar-refractivity contribution in [3.8, 4) is 5.75 Å². The standard InChI is InChI=1S/C18H14N2O6S/c19-16(21)10-2-1-3-13(8-10)26-18(23)11-4-7-14-15(9-11)27(24,25)20(17(14)22)12-5-6-12/h1-4,7-9,12H,5-6H2,(H2,19,21). The minimum atomic E-state index is -3.96. The molecular formula is C18H14N2O6S. The van der Waals surface area contributed by atoms with Gasteiger partial charge in [0.1, 0.15) is 10.6 Å². The molecule has 0 radical (unpaired) electrons. The molecule has 0 spiro atoms. The molecule has 1 aliphatic carbocycles. The topological polar surface area (TPSA) is 124 Å². The first-order chi connectivity index (χ1) is 12.8. The second kappa shape index (κ2) is 5.92. The van der Waals surface area contributed by atoms with Crippen LogP contribution in [0.2, 0.25) is 0 Å². The number of benzene rings is 2. The third kappa shape index (κ3) is 2.85. The van der Waals surface area contributed by atoms with Crippen molar-refractivity contribution in [2.75, 3.05) is 0 Å². The summed E-state index contributed by atoms with van der Waals surface area (Å²) in [6, 6.07) is 9.24. The molecule has 2 amide bonds. The van der Waals surface area contributed by atoms with E-state index < -0.39 is 27.8 Å². The van der Waals surface area contributed by atoms with Crippen LogP contribution in [0.5, 0.6) is 5.75 Å². The average Bonchev–Trinajstić information content (AvgIpc) is 3.43. The Morgan fingerprint density at radius 1 is 1.07 bits per heavy atom. The highest BCUT2D eigenvalue weighted by molar-refractivity contribution is 7.90. The van der Waals surface area contributed by atoms with Crippen molar-refractivity contribution in [1.29, 1.82) is 0 Å². The summed E-state index contributed by atoms with van der Waals surface area (Å²) >= 11 is 0. The fraction of sp³-hybridized carbons (Fsp3) is 0.167. The second-order valence-corrected chi connectivity index (χ2v) is 8.11. The molecule has 2 aliphatic rings. The lowest BCUT2D eigenvalue weighted by atomic mass is 10.1. The van der Waals surface area contributed by atoms with E-state index >= 15 is 0 Å². The van der Waals surface area contributed by atoms with Crippen LogP contribution in [-0.2, 0) is 10.0 Å². The quantitative estimate of drug-likeness (QED) is 0.624. The van der Waals surface area contributed by atoms with Gasteiger partial charge in [0.2, 0.25) is 5.91 Å². The van der Waals surface area contributed by atoms with Gasteiger partial charge in [-0.1, -0.05) is 6.07 Å². The summed E-state index contributed by atoms with van der Waals surface area (Å²) in [7, 11) is -3.96. The van der Waals surface area contributed by atoms with E-state index in [9.17, 15) is 22.8 Å². The molecular weight excluding hydrogens is 372 g/mol. The molecule has 0 unspecified atom stereocenters. The molecule has 0 aromatic heterocycles. The minimum absolute atomic E-state index is 0.0211. The van der Waals surface area contributed by atoms with Crippen LogP contribution in [0.3, 0.4) is 0 Å². The van der Waals surface area contributed by atoms with Crippen LogP contribution in [0.15, 0.2) is 47.4 Å². The van der Waals surface area contributed by atoms with Crippen LogP contribution in [0, 0.1) is 0 Å². The van der Waals surface area contributed by atoms with Crippen molar-refractivity contribution in [3.63, 3.8) is 0 Å². The molecule has 1 heterocycles. The second-order valence-electron chi connectivity index (χ2n) is 6.33. The Balaban J connectivity index is 1.64. The molecule has 2 aromatic carbocycles. The first-order valence-corrected chi connectivity index (χ1v) is 9.58. The van der Waals surface area contributed by atoms with Crippen molar-refractivity contribution in [1.82, 2.24) is 4.31 Å². The normalized spacial score (nSPS) is 17.5. The van der Waals surface area contributed by atoms with Crippen LogP contribution in [-0.4, -0.2) is 36.5 Å². The van der Waals surface area contributed by atoms with Crippen molar-refractivity contribution in [2.45, 2.75) is 23.8 Å². The molecule has 8 nitrogen and oxygen atoms in total. The van der Waals surface area contributed by atoms with Gasteiger partial charge < -0.3 is 10.5 Å². The van der Waals surface area contributed by atoms with Gasteiger partial charge in [-0.25, -0.2) is 17.5 Å². The van der Waals surface area contributed by atoms with E-state index in [1.54, 1.807) is 0 Å². The van der Waals surface area contributed by atoms with Crippen LogP contribution in [0.1, 0.15) is 43.9 Å². The number of carbonyl (C=O) groups is 3. The average molecular weight is 386 g/mol. The molecule has 0 atom stereocenters. The van der Waals surface area contributed by atoms with Crippen LogP contribution >= 0.6 is 0 Å². The number of primary amides is 1. The maximum Gasteiger partial charge on any atom is 0.343 e. The molecule has 2 N–H and O–H groups in total. The van der Waals surface area contributed by atoms with Crippen molar-refractivity contribution in [2.24, 2.45) is 5.73 Å². The van der Waals surface area contributed by atoms with Gasteiger partial charge >= 0.3 is 5.97 Å². The van der Waals surface area contributed by atoms with E-state index in [1.165, 1.54) is 36.4 Å². The Bertz CT molecular complexity index is 1100. The lowest BCUT2D eigenvalue weighted by Gasteiger charge is -2.13. The number of fused-ring (bicyclic) bond motifs is 1. The maximum atomic E-state index is 12.6. The Hall–Kier alpha value is -3.20. The molecule has 0 bridgehead atoms. The summed E-state index contributed by atoms with van der Waals surface area (Å²) in [6.07, 6.45) is 1.29. The number of ether oxygens (including phenoxy) is 1. The van der Waals surface area contributed by atoms with Crippen LogP contribution in [0.25, 0.3) is 0 Å². The van der Waals surface area contributed by atoms with Gasteiger partial charge in [0.05, 0.1) is 11.1 Å². The molecule has 138 valence electrons. The van der Waals surface area contributed by atoms with Gasteiger partial charge in [-0.3, -0.25) is 9.59 Å². The van der Waals surface area contributed by atoms with E-state index in [2.05, 4.69) is 0 Å². The molecule has 1 fully saturated rings. The Kier molecular flexibility index (Phi) is 3.77. The van der Waals surface area contributed by atoms with Crippen LogP contribution < -0.4 is 10.5 Å². The van der Waals surface area contributed by atoms with Gasteiger partial charge in [0.25, 0.3) is 15.9 Å². The third-order valence-electron chi connectivity index (χ3n) is 4.39. The van der Waals surface area contributed by atoms with Crippen molar-refractivity contribution in [3.05, 3.63) is 59.2 Å². The molecule has 27 heavy (non-hydrogen) atoms. The Labute approximate surface area is 154 Å². The summed E-state index contributed by atoms with van der Waals surface area (Å²) in [5, 5.41) is 0. The number of rotatable bonds is 4. The van der Waals surface area contributed by atoms with E-state index in [-0.39, 0.29) is 33.4 Å². The van der Waals surface area contributed by atoms with E-state index in [1.807, 2.05) is 0 Å². The Morgan fingerprint density at radius 3 is 2.48 bits per heavy atom. The zero-order valence-electron chi connectivity index (χ0n) is 13.9. The van der Waals surface area contributed by atoms with Gasteiger partial charge in [-0.15, -0.1) is 0 Å². The maximum absolute atomic E-state index is 12.6. The van der Waals surface area contributed by atoms with Crippen molar-refractivity contribution >= 4 is 27.8 Å². The highest BCUT2D eigenvalue weighted by Gasteiger charge is 2.48. The predicted molar refractivity (Wildman–Crippen MR) is 92.7 cm³/mol. The van der Waals surface area contributed by atoms with E-state index in [0.29, 0.717) is 12.8 Å². The van der Waals surface area contributed by atoms with E-state index in [0.717, 1.165) is 10.4 Å². The lowest BCUT2D eigenvalue weighted by Crippen LogP contribution is -2.31. The summed E-state index contributed by atoms with van der Waals surface area (Å²) in [5.74, 6) is -1.96. The Morgan fingerprint density at radius 2 is 1.81 bits per heavy atom. The van der Waals surface area contributed by atoms with Crippen LogP contribution in [0.4, 0.5) is 0 Å². The third-order valence-corrected chi connectivity index (χ3v) is 6.27. The smallest absolute Gasteiger partial charge is 0.343 e. The largest absolute Gasteiger partial charge is 0.423 e. The number of hydrogen-bond acceptors (Lipinski definition) is 6. The predicted octanol–water partition coefficient (Wildman–Crippen LogP) is 1.31. The van der Waals surface area contributed by atoms with Gasteiger partial charge in [-0.2, -0.15) is 0 Å². The molecule has 2 aromatic rings. The minimum Gasteiger partial charge on any atom is -0.423 e. The molecule has 0 saturated heterocycles. The fourth-order valence-electron chi connectivity index (χ4n) is 2.92. The highest BCUT2D eigenvalue weighted by atomic mass is 32.2. The number of amides is 2. The summed E-state index contributed by atoms with van der Waals surface area (Å²) in [4.78, 5) is 35.8. The molecule has 1 aliphatic heterocycles. The number of carbonyl (C=O) groups excluding carboxylic acids is 3. The van der Waals surface area contributed by atoms with Gasteiger partial charge in [-0.05, 0) is 49.2 Å². The van der Waals surface area contributed by atoms with Gasteiger partial charge in [0.15, 0.2) is 0 Å². The molecule has 4 rings (SSSR count). The first-order valence-electron chi connectivity index (χ1n) is 8.14.